The van der Waals surface area contributed by atoms with Crippen LogP contribution in [-0.4, -0.2) is 25.7 Å². The Labute approximate surface area is 163 Å². The van der Waals surface area contributed by atoms with Gasteiger partial charge >= 0.3 is 0 Å². The Bertz CT molecular complexity index is 644. The molecule has 0 radical (unpaired) electrons. The summed E-state index contributed by atoms with van der Waals surface area (Å²) in [6, 6.07) is 6.09. The zero-order valence-corrected chi connectivity index (χ0v) is 16.7. The molecule has 1 amide bonds. The molecule has 1 N–H and O–H groups in total. The maximum Gasteiger partial charge on any atom is 0.223 e. The highest BCUT2D eigenvalue weighted by Crippen LogP contribution is 2.56. The molecule has 27 heavy (non-hydrogen) atoms. The second-order valence-corrected chi connectivity index (χ2v) is 8.64. The molecule has 0 heterocycles. The van der Waals surface area contributed by atoms with Gasteiger partial charge in [-0.3, -0.25) is 4.79 Å². The summed E-state index contributed by atoms with van der Waals surface area (Å²) in [6.45, 7) is 5.89. The van der Waals surface area contributed by atoms with Gasteiger partial charge in [-0.1, -0.05) is 6.07 Å². The lowest BCUT2D eigenvalue weighted by molar-refractivity contribution is -0.138. The van der Waals surface area contributed by atoms with Crippen LogP contribution in [0, 0.1) is 29.6 Å². The molecule has 0 unspecified atom stereocenters. The summed E-state index contributed by atoms with van der Waals surface area (Å²) in [5.74, 6) is 5.30. The van der Waals surface area contributed by atoms with E-state index in [2.05, 4.69) is 11.4 Å². The number of rotatable bonds is 8. The minimum atomic E-state index is 0.275. The molecule has 0 spiro atoms. The lowest BCUT2D eigenvalue weighted by Crippen LogP contribution is -2.51. The lowest BCUT2D eigenvalue weighted by Gasteiger charge is -2.53. The molecule has 0 aliphatic heterocycles. The smallest absolute Gasteiger partial charge is 0.223 e. The largest absolute Gasteiger partial charge is 0.490 e. The van der Waals surface area contributed by atoms with E-state index in [0.717, 1.165) is 29.8 Å². The number of carbonyl (C=O) groups is 1. The van der Waals surface area contributed by atoms with Gasteiger partial charge in [0, 0.05) is 12.5 Å². The molecule has 4 heteroatoms. The van der Waals surface area contributed by atoms with Crippen LogP contribution < -0.4 is 14.8 Å². The van der Waals surface area contributed by atoms with Gasteiger partial charge in [0.2, 0.25) is 5.91 Å². The van der Waals surface area contributed by atoms with Crippen LogP contribution in [-0.2, 0) is 11.2 Å². The van der Waals surface area contributed by atoms with Crippen LogP contribution in [0.15, 0.2) is 18.2 Å². The Kier molecular flexibility index (Phi) is 5.60. The molecule has 1 aromatic rings. The number of ether oxygens (including phenoxy) is 2. The van der Waals surface area contributed by atoms with Crippen molar-refractivity contribution in [3.8, 4) is 11.5 Å². The topological polar surface area (TPSA) is 47.6 Å². The first-order valence-electron chi connectivity index (χ1n) is 10.8. The molecule has 5 rings (SSSR count). The van der Waals surface area contributed by atoms with Gasteiger partial charge in [-0.15, -0.1) is 0 Å². The van der Waals surface area contributed by atoms with Crippen molar-refractivity contribution in [1.82, 2.24) is 5.32 Å². The highest BCUT2D eigenvalue weighted by atomic mass is 16.5. The molecular weight excluding hydrogens is 338 g/mol. The van der Waals surface area contributed by atoms with Gasteiger partial charge in [0.05, 0.1) is 13.2 Å². The SMILES string of the molecule is CCOc1ccc(CCNC(=O)C2C3CC4CC(C3)CC2C4)cc1OCC. The van der Waals surface area contributed by atoms with E-state index < -0.39 is 0 Å². The van der Waals surface area contributed by atoms with Crippen molar-refractivity contribution in [2.24, 2.45) is 29.6 Å². The molecule has 148 valence electrons. The number of hydrogen-bond donors (Lipinski definition) is 1. The predicted octanol–water partition coefficient (Wildman–Crippen LogP) is 4.22. The minimum absolute atomic E-state index is 0.275. The predicted molar refractivity (Wildman–Crippen MR) is 106 cm³/mol. The second kappa shape index (κ2) is 8.12. The normalized spacial score (nSPS) is 31.0. The van der Waals surface area contributed by atoms with E-state index in [1.54, 1.807) is 0 Å². The number of carbonyl (C=O) groups excluding carboxylic acids is 1. The van der Waals surface area contributed by atoms with E-state index in [4.69, 9.17) is 9.47 Å². The highest BCUT2D eigenvalue weighted by molar-refractivity contribution is 5.79. The highest BCUT2D eigenvalue weighted by Gasteiger charge is 2.50. The van der Waals surface area contributed by atoms with Gasteiger partial charge in [-0.25, -0.2) is 0 Å². The van der Waals surface area contributed by atoms with Crippen molar-refractivity contribution in [2.75, 3.05) is 19.8 Å². The van der Waals surface area contributed by atoms with Crippen LogP contribution in [0.4, 0.5) is 0 Å². The van der Waals surface area contributed by atoms with Crippen molar-refractivity contribution in [2.45, 2.75) is 52.4 Å². The van der Waals surface area contributed by atoms with Crippen molar-refractivity contribution in [3.05, 3.63) is 23.8 Å². The molecule has 4 aliphatic rings. The maximum absolute atomic E-state index is 12.9. The Hall–Kier alpha value is -1.71. The standard InChI is InChI=1S/C23H33NO3/c1-3-26-20-6-5-15(14-21(20)27-4-2)7-8-24-23(25)22-18-10-16-9-17(12-18)13-19(22)11-16/h5-6,14,16-19,22H,3-4,7-13H2,1-2H3,(H,24,25). The molecule has 4 nitrogen and oxygen atoms in total. The van der Waals surface area contributed by atoms with Crippen molar-refractivity contribution >= 4 is 5.91 Å². The summed E-state index contributed by atoms with van der Waals surface area (Å²) in [5.41, 5.74) is 1.17. The molecule has 1 aromatic carbocycles. The summed E-state index contributed by atoms with van der Waals surface area (Å²) >= 11 is 0. The van der Waals surface area contributed by atoms with E-state index in [0.29, 0.717) is 37.5 Å². The van der Waals surface area contributed by atoms with Crippen LogP contribution in [0.2, 0.25) is 0 Å². The summed E-state index contributed by atoms with van der Waals surface area (Å²) in [4.78, 5) is 12.9. The van der Waals surface area contributed by atoms with Gasteiger partial charge in [-0.05, 0) is 93.7 Å². The molecule has 0 saturated heterocycles. The molecule has 4 bridgehead atoms. The molecule has 0 aromatic heterocycles. The van der Waals surface area contributed by atoms with Crippen molar-refractivity contribution in [1.29, 1.82) is 0 Å². The van der Waals surface area contributed by atoms with Gasteiger partial charge in [-0.2, -0.15) is 0 Å². The molecule has 4 aliphatic carbocycles. The Balaban J connectivity index is 1.32. The third-order valence-corrected chi connectivity index (χ3v) is 6.85. The lowest BCUT2D eigenvalue weighted by atomic mass is 9.51. The summed E-state index contributed by atoms with van der Waals surface area (Å²) in [7, 11) is 0. The third-order valence-electron chi connectivity index (χ3n) is 6.85. The number of hydrogen-bond acceptors (Lipinski definition) is 3. The quantitative estimate of drug-likeness (QED) is 0.744. The van der Waals surface area contributed by atoms with Crippen LogP contribution >= 0.6 is 0 Å². The average molecular weight is 372 g/mol. The fourth-order valence-corrected chi connectivity index (χ4v) is 6.05. The van der Waals surface area contributed by atoms with Crippen LogP contribution in [0.1, 0.15) is 51.5 Å². The van der Waals surface area contributed by atoms with Crippen LogP contribution in [0.25, 0.3) is 0 Å². The second-order valence-electron chi connectivity index (χ2n) is 8.64. The molecule has 4 saturated carbocycles. The minimum Gasteiger partial charge on any atom is -0.490 e. The molecule has 4 fully saturated rings. The van der Waals surface area contributed by atoms with Gasteiger partial charge < -0.3 is 14.8 Å². The van der Waals surface area contributed by atoms with E-state index in [-0.39, 0.29) is 5.92 Å². The van der Waals surface area contributed by atoms with Crippen molar-refractivity contribution < 1.29 is 14.3 Å². The summed E-state index contributed by atoms with van der Waals surface area (Å²) in [5, 5.41) is 3.24. The van der Waals surface area contributed by atoms with Crippen LogP contribution in [0.3, 0.4) is 0 Å². The zero-order chi connectivity index (χ0) is 18.8. The first kappa shape index (κ1) is 18.6. The van der Waals surface area contributed by atoms with Gasteiger partial charge in [0.15, 0.2) is 11.5 Å². The number of nitrogens with one attached hydrogen (secondary N) is 1. The van der Waals surface area contributed by atoms with Crippen LogP contribution in [0.5, 0.6) is 11.5 Å². The van der Waals surface area contributed by atoms with E-state index >= 15 is 0 Å². The van der Waals surface area contributed by atoms with E-state index in [9.17, 15) is 4.79 Å². The van der Waals surface area contributed by atoms with E-state index in [1.165, 1.54) is 37.7 Å². The fourth-order valence-electron chi connectivity index (χ4n) is 6.05. The van der Waals surface area contributed by atoms with Gasteiger partial charge in [0.25, 0.3) is 0 Å². The fraction of sp³-hybridized carbons (Fsp3) is 0.696. The summed E-state index contributed by atoms with van der Waals surface area (Å²) in [6.07, 6.45) is 7.43. The zero-order valence-electron chi connectivity index (χ0n) is 16.7. The third kappa shape index (κ3) is 3.95. The van der Waals surface area contributed by atoms with Gasteiger partial charge in [0.1, 0.15) is 0 Å². The summed E-state index contributed by atoms with van der Waals surface area (Å²) < 4.78 is 11.3. The monoisotopic (exact) mass is 371 g/mol. The Morgan fingerprint density at radius 1 is 0.963 bits per heavy atom. The van der Waals surface area contributed by atoms with Crippen molar-refractivity contribution in [3.63, 3.8) is 0 Å². The number of benzene rings is 1. The first-order valence-corrected chi connectivity index (χ1v) is 10.8. The Morgan fingerprint density at radius 2 is 1.59 bits per heavy atom. The molecule has 0 atom stereocenters. The first-order chi connectivity index (χ1) is 13.2. The average Bonchev–Trinajstić information content (AvgIpc) is 2.63. The maximum atomic E-state index is 12.9. The Morgan fingerprint density at radius 3 is 2.22 bits per heavy atom. The molecular formula is C23H33NO3. The van der Waals surface area contributed by atoms with E-state index in [1.807, 2.05) is 26.0 Å². The number of amides is 1.